The molecule has 1 nitrogen and oxygen atoms in total. The average Bonchev–Trinajstić information content (AvgIpc) is 2.19. The van der Waals surface area contributed by atoms with Crippen LogP contribution in [0.2, 0.25) is 0 Å². The van der Waals surface area contributed by atoms with Gasteiger partial charge in [0.2, 0.25) is 0 Å². The summed E-state index contributed by atoms with van der Waals surface area (Å²) >= 11 is 0. The molecule has 14 heavy (non-hydrogen) atoms. The van der Waals surface area contributed by atoms with Crippen LogP contribution in [0.25, 0.3) is 10.8 Å². The van der Waals surface area contributed by atoms with E-state index in [4.69, 9.17) is 0 Å². The van der Waals surface area contributed by atoms with Gasteiger partial charge >= 0.3 is 0 Å². The molecule has 0 atom stereocenters. The van der Waals surface area contributed by atoms with Crippen molar-refractivity contribution in [1.82, 2.24) is 0 Å². The first-order chi connectivity index (χ1) is 6.70. The van der Waals surface area contributed by atoms with Gasteiger partial charge in [-0.2, -0.15) is 0 Å². The molecule has 0 aliphatic carbocycles. The SMILES string of the molecule is O=Cc1ccc2cc(F)c(F)cc2c1. The molecule has 0 saturated carbocycles. The molecule has 0 radical (unpaired) electrons. The smallest absolute Gasteiger partial charge is 0.159 e. The second-order valence-corrected chi connectivity index (χ2v) is 2.99. The lowest BCUT2D eigenvalue weighted by molar-refractivity contribution is 0.112. The maximum Gasteiger partial charge on any atom is 0.159 e. The Morgan fingerprint density at radius 1 is 0.929 bits per heavy atom. The molecule has 0 bridgehead atoms. The highest BCUT2D eigenvalue weighted by Crippen LogP contribution is 2.19. The van der Waals surface area contributed by atoms with E-state index < -0.39 is 11.6 Å². The molecule has 0 fully saturated rings. The quantitative estimate of drug-likeness (QED) is 0.635. The normalized spacial score (nSPS) is 10.4. The highest BCUT2D eigenvalue weighted by molar-refractivity contribution is 5.88. The van der Waals surface area contributed by atoms with Gasteiger partial charge in [-0.1, -0.05) is 12.1 Å². The van der Waals surface area contributed by atoms with Gasteiger partial charge in [-0.05, 0) is 29.0 Å². The van der Waals surface area contributed by atoms with Crippen molar-refractivity contribution in [3.8, 4) is 0 Å². The predicted octanol–water partition coefficient (Wildman–Crippen LogP) is 2.93. The number of benzene rings is 2. The first-order valence-corrected chi connectivity index (χ1v) is 4.05. The van der Waals surface area contributed by atoms with Crippen molar-refractivity contribution in [2.45, 2.75) is 0 Å². The molecule has 0 unspecified atom stereocenters. The molecule has 2 rings (SSSR count). The molecular weight excluding hydrogens is 186 g/mol. The highest BCUT2D eigenvalue weighted by atomic mass is 19.2. The molecule has 0 heterocycles. The molecule has 2 aromatic carbocycles. The lowest BCUT2D eigenvalue weighted by atomic mass is 10.1. The van der Waals surface area contributed by atoms with E-state index in [1.807, 2.05) is 0 Å². The van der Waals surface area contributed by atoms with Crippen LogP contribution in [-0.2, 0) is 0 Å². The number of rotatable bonds is 1. The van der Waals surface area contributed by atoms with Crippen molar-refractivity contribution in [2.75, 3.05) is 0 Å². The summed E-state index contributed by atoms with van der Waals surface area (Å²) < 4.78 is 25.6. The minimum atomic E-state index is -0.902. The zero-order valence-electron chi connectivity index (χ0n) is 7.13. The minimum absolute atomic E-state index is 0.448. The Kier molecular flexibility index (Phi) is 2.00. The van der Waals surface area contributed by atoms with Gasteiger partial charge < -0.3 is 0 Å². The minimum Gasteiger partial charge on any atom is -0.298 e. The van der Waals surface area contributed by atoms with E-state index in [2.05, 4.69) is 0 Å². The van der Waals surface area contributed by atoms with Crippen LogP contribution in [0.1, 0.15) is 10.4 Å². The molecule has 0 saturated heterocycles. The maximum atomic E-state index is 12.8. The highest BCUT2D eigenvalue weighted by Gasteiger charge is 2.03. The second-order valence-electron chi connectivity index (χ2n) is 2.99. The zero-order chi connectivity index (χ0) is 10.1. The van der Waals surface area contributed by atoms with Crippen LogP contribution in [0.15, 0.2) is 30.3 Å². The standard InChI is InChI=1S/C11H6F2O/c12-10-4-8-2-1-7(6-14)3-9(8)5-11(10)13/h1-6H. The monoisotopic (exact) mass is 192 g/mol. The van der Waals surface area contributed by atoms with Gasteiger partial charge in [0.15, 0.2) is 11.6 Å². The van der Waals surface area contributed by atoms with Crippen LogP contribution in [0.3, 0.4) is 0 Å². The number of carbonyl (C=O) groups excluding carboxylic acids is 1. The zero-order valence-corrected chi connectivity index (χ0v) is 7.13. The number of aldehydes is 1. The van der Waals surface area contributed by atoms with Crippen LogP contribution in [0, 0.1) is 11.6 Å². The Labute approximate surface area is 79.0 Å². The third-order valence-corrected chi connectivity index (χ3v) is 2.04. The number of halogens is 2. The summed E-state index contributed by atoms with van der Waals surface area (Å²) in [6, 6.07) is 6.86. The third kappa shape index (κ3) is 1.37. The van der Waals surface area contributed by atoms with E-state index in [1.54, 1.807) is 12.1 Å². The van der Waals surface area contributed by atoms with Gasteiger partial charge in [0.1, 0.15) is 6.29 Å². The van der Waals surface area contributed by atoms with Gasteiger partial charge in [-0.15, -0.1) is 0 Å². The van der Waals surface area contributed by atoms with Crippen LogP contribution in [-0.4, -0.2) is 6.29 Å². The number of carbonyl (C=O) groups is 1. The van der Waals surface area contributed by atoms with Crippen molar-refractivity contribution in [3.63, 3.8) is 0 Å². The number of fused-ring (bicyclic) bond motifs is 1. The van der Waals surface area contributed by atoms with Gasteiger partial charge in [-0.25, -0.2) is 8.78 Å². The van der Waals surface area contributed by atoms with E-state index in [9.17, 15) is 13.6 Å². The summed E-state index contributed by atoms with van der Waals surface area (Å²) in [5.41, 5.74) is 0.448. The number of hydrogen-bond acceptors (Lipinski definition) is 1. The molecule has 0 aliphatic heterocycles. The summed E-state index contributed by atoms with van der Waals surface area (Å²) in [5, 5.41) is 1.10. The Hall–Kier alpha value is -1.77. The molecule has 0 aromatic heterocycles. The van der Waals surface area contributed by atoms with Crippen molar-refractivity contribution >= 4 is 17.1 Å². The Balaban J connectivity index is 2.76. The average molecular weight is 192 g/mol. The second kappa shape index (κ2) is 3.18. The molecule has 0 aliphatic rings. The van der Waals surface area contributed by atoms with Crippen LogP contribution in [0.5, 0.6) is 0 Å². The largest absolute Gasteiger partial charge is 0.298 e. The van der Waals surface area contributed by atoms with Crippen molar-refractivity contribution in [2.24, 2.45) is 0 Å². The van der Waals surface area contributed by atoms with Gasteiger partial charge in [0.25, 0.3) is 0 Å². The Morgan fingerprint density at radius 2 is 1.57 bits per heavy atom. The lowest BCUT2D eigenvalue weighted by Gasteiger charge is -1.99. The van der Waals surface area contributed by atoms with E-state index in [1.165, 1.54) is 6.07 Å². The molecule has 0 spiro atoms. The predicted molar refractivity (Wildman–Crippen MR) is 49.3 cm³/mol. The summed E-state index contributed by atoms with van der Waals surface area (Å²) in [6.07, 6.45) is 0.667. The van der Waals surface area contributed by atoms with Gasteiger partial charge in [0.05, 0.1) is 0 Å². The van der Waals surface area contributed by atoms with E-state index in [0.29, 0.717) is 22.6 Å². The van der Waals surface area contributed by atoms with E-state index >= 15 is 0 Å². The van der Waals surface area contributed by atoms with Crippen LogP contribution >= 0.6 is 0 Å². The topological polar surface area (TPSA) is 17.1 Å². The van der Waals surface area contributed by atoms with Crippen LogP contribution in [0.4, 0.5) is 8.78 Å². The third-order valence-electron chi connectivity index (χ3n) is 2.04. The van der Waals surface area contributed by atoms with E-state index in [0.717, 1.165) is 12.1 Å². The fourth-order valence-corrected chi connectivity index (χ4v) is 1.33. The van der Waals surface area contributed by atoms with Gasteiger partial charge in [-0.3, -0.25) is 4.79 Å². The van der Waals surface area contributed by atoms with Crippen molar-refractivity contribution < 1.29 is 13.6 Å². The summed E-state index contributed by atoms with van der Waals surface area (Å²) in [5.74, 6) is -1.78. The molecule has 2 aromatic rings. The Bertz CT molecular complexity index is 506. The lowest BCUT2D eigenvalue weighted by Crippen LogP contribution is -1.86. The van der Waals surface area contributed by atoms with Crippen molar-refractivity contribution in [1.29, 1.82) is 0 Å². The fraction of sp³-hybridized carbons (Fsp3) is 0. The first kappa shape index (κ1) is 8.81. The Morgan fingerprint density at radius 3 is 2.21 bits per heavy atom. The fourth-order valence-electron chi connectivity index (χ4n) is 1.33. The summed E-state index contributed by atoms with van der Waals surface area (Å²) in [4.78, 5) is 10.4. The number of hydrogen-bond donors (Lipinski definition) is 0. The van der Waals surface area contributed by atoms with Crippen molar-refractivity contribution in [3.05, 3.63) is 47.5 Å². The molecule has 0 N–H and O–H groups in total. The maximum absolute atomic E-state index is 12.8. The van der Waals surface area contributed by atoms with Gasteiger partial charge in [0, 0.05) is 5.56 Å². The van der Waals surface area contributed by atoms with E-state index in [-0.39, 0.29) is 0 Å². The molecule has 70 valence electrons. The summed E-state index contributed by atoms with van der Waals surface area (Å²) in [7, 11) is 0. The first-order valence-electron chi connectivity index (χ1n) is 4.05. The molecular formula is C11H6F2O. The molecule has 3 heteroatoms. The van der Waals surface area contributed by atoms with Crippen LogP contribution < -0.4 is 0 Å². The molecule has 0 amide bonds. The summed E-state index contributed by atoms with van der Waals surface area (Å²) in [6.45, 7) is 0.